The Balaban J connectivity index is 1.36. The lowest BCUT2D eigenvalue weighted by atomic mass is 9.81. The number of benzene rings is 2. The van der Waals surface area contributed by atoms with Crippen LogP contribution in [0.1, 0.15) is 61.9 Å². The van der Waals surface area contributed by atoms with Gasteiger partial charge in [0.25, 0.3) is 5.91 Å². The third-order valence-electron chi connectivity index (χ3n) is 8.96. The largest absolute Gasteiger partial charge is 0.508 e. The number of ether oxygens (including phenoxy) is 1. The standard InChI is InChI=1S/C31H37FN4O4/c1-31-19-22-26-23(11-12-25(40-2)27(26)32)33-28(22)24(18-20-9-7-10-21(37)17-20)36(31)30(39)35(29(31)38)16-8-15-34-13-5-3-4-6-14-34/h7,9-12,17,24,33,37H,3-6,8,13-16,18-19H2,1-2H3/t24?,31-/m0/s1. The number of rotatable bonds is 7. The minimum atomic E-state index is -1.15. The number of H-pyrrole nitrogens is 1. The molecule has 0 radical (unpaired) electrons. The van der Waals surface area contributed by atoms with E-state index >= 15 is 4.39 Å². The van der Waals surface area contributed by atoms with Crippen LogP contribution in [0.3, 0.4) is 0 Å². The average Bonchev–Trinajstić information content (AvgIpc) is 3.22. The number of nitrogens with zero attached hydrogens (tertiary/aromatic N) is 3. The van der Waals surface area contributed by atoms with E-state index in [9.17, 15) is 14.7 Å². The fourth-order valence-corrected chi connectivity index (χ4v) is 6.98. The number of aromatic hydroxyl groups is 1. The van der Waals surface area contributed by atoms with Crippen LogP contribution in [0.25, 0.3) is 10.9 Å². The van der Waals surface area contributed by atoms with E-state index < -0.39 is 17.4 Å². The lowest BCUT2D eigenvalue weighted by molar-refractivity contribution is -0.133. The molecule has 0 bridgehead atoms. The number of halogens is 1. The maximum Gasteiger partial charge on any atom is 0.328 e. The Morgan fingerprint density at radius 3 is 2.60 bits per heavy atom. The normalized spacial score (nSPS) is 23.4. The van der Waals surface area contributed by atoms with Gasteiger partial charge in [0.15, 0.2) is 11.6 Å². The van der Waals surface area contributed by atoms with Crippen LogP contribution in [0.4, 0.5) is 9.18 Å². The molecule has 0 saturated carbocycles. The van der Waals surface area contributed by atoms with Crippen molar-refractivity contribution in [3.63, 3.8) is 0 Å². The molecule has 3 aliphatic heterocycles. The number of aromatic nitrogens is 1. The summed E-state index contributed by atoms with van der Waals surface area (Å²) in [6.07, 6.45) is 6.19. The second-order valence-corrected chi connectivity index (χ2v) is 11.6. The number of nitrogens with one attached hydrogen (secondary N) is 1. The van der Waals surface area contributed by atoms with E-state index in [4.69, 9.17) is 4.74 Å². The number of hydrogen-bond donors (Lipinski definition) is 2. The van der Waals surface area contributed by atoms with Crippen LogP contribution in [0.15, 0.2) is 36.4 Å². The smallest absolute Gasteiger partial charge is 0.328 e. The van der Waals surface area contributed by atoms with Crippen molar-refractivity contribution in [2.45, 2.75) is 63.5 Å². The topological polar surface area (TPSA) is 89.1 Å². The first-order chi connectivity index (χ1) is 19.3. The minimum Gasteiger partial charge on any atom is -0.508 e. The van der Waals surface area contributed by atoms with Crippen molar-refractivity contribution < 1.29 is 23.8 Å². The van der Waals surface area contributed by atoms with Crippen molar-refractivity contribution in [1.82, 2.24) is 19.7 Å². The van der Waals surface area contributed by atoms with Crippen molar-refractivity contribution in [1.29, 1.82) is 0 Å². The minimum absolute atomic E-state index is 0.127. The number of aromatic amines is 1. The highest BCUT2D eigenvalue weighted by molar-refractivity contribution is 6.08. The molecule has 2 saturated heterocycles. The summed E-state index contributed by atoms with van der Waals surface area (Å²) in [5.74, 6) is -0.452. The Hall–Kier alpha value is -3.59. The van der Waals surface area contributed by atoms with Crippen molar-refractivity contribution in [3.05, 3.63) is 59.0 Å². The first-order valence-electron chi connectivity index (χ1n) is 14.3. The highest BCUT2D eigenvalue weighted by Gasteiger charge is 2.59. The summed E-state index contributed by atoms with van der Waals surface area (Å²) < 4.78 is 20.9. The van der Waals surface area contributed by atoms with Gasteiger partial charge in [0.1, 0.15) is 11.3 Å². The molecule has 8 nitrogen and oxygen atoms in total. The van der Waals surface area contributed by atoms with Crippen molar-refractivity contribution in [2.24, 2.45) is 0 Å². The highest BCUT2D eigenvalue weighted by Crippen LogP contribution is 2.48. The number of hydrogen-bond acceptors (Lipinski definition) is 5. The van der Waals surface area contributed by atoms with Crippen LogP contribution in [0.5, 0.6) is 11.5 Å². The van der Waals surface area contributed by atoms with E-state index in [1.165, 1.54) is 37.7 Å². The summed E-state index contributed by atoms with van der Waals surface area (Å²) in [5.41, 5.74) is 1.68. The van der Waals surface area contributed by atoms with E-state index in [2.05, 4.69) is 9.88 Å². The number of carbonyl (C=O) groups excluding carboxylic acids is 2. The third kappa shape index (κ3) is 4.40. The summed E-state index contributed by atoms with van der Waals surface area (Å²) in [4.78, 5) is 36.9. The Kier molecular flexibility index (Phi) is 6.94. The maximum absolute atomic E-state index is 15.6. The van der Waals surface area contributed by atoms with Gasteiger partial charge in [-0.3, -0.25) is 9.69 Å². The van der Waals surface area contributed by atoms with Crippen LogP contribution in [0.2, 0.25) is 0 Å². The van der Waals surface area contributed by atoms with E-state index in [0.29, 0.717) is 29.4 Å². The summed E-state index contributed by atoms with van der Waals surface area (Å²) in [6.45, 7) is 5.14. The van der Waals surface area contributed by atoms with E-state index in [0.717, 1.165) is 37.3 Å². The molecule has 2 aromatic carbocycles. The van der Waals surface area contributed by atoms with Gasteiger partial charge in [-0.25, -0.2) is 9.18 Å². The Morgan fingerprint density at radius 2 is 1.88 bits per heavy atom. The van der Waals surface area contributed by atoms with Crippen LogP contribution < -0.4 is 4.74 Å². The number of likely N-dealkylation sites (tertiary alicyclic amines) is 1. The van der Waals surface area contributed by atoms with Crippen LogP contribution in [-0.2, 0) is 17.6 Å². The molecule has 6 rings (SSSR count). The zero-order valence-electron chi connectivity index (χ0n) is 23.2. The summed E-state index contributed by atoms with van der Waals surface area (Å²) in [7, 11) is 1.43. The second-order valence-electron chi connectivity index (χ2n) is 11.6. The first kappa shape index (κ1) is 26.6. The summed E-state index contributed by atoms with van der Waals surface area (Å²) in [5, 5.41) is 10.5. The molecular weight excluding hydrogens is 511 g/mol. The lowest BCUT2D eigenvalue weighted by Gasteiger charge is -2.42. The number of methoxy groups -OCH3 is 1. The molecule has 212 valence electrons. The SMILES string of the molecule is COc1ccc2[nH]c3c(c2c1F)C[C@@]1(C)C(=O)N(CCCN2CCCCCC2)C(=O)N1C3Cc1cccc(O)c1. The second kappa shape index (κ2) is 10.4. The zero-order valence-corrected chi connectivity index (χ0v) is 23.2. The maximum atomic E-state index is 15.6. The quantitative estimate of drug-likeness (QED) is 0.399. The monoisotopic (exact) mass is 548 g/mol. The molecule has 2 N–H and O–H groups in total. The Morgan fingerprint density at radius 1 is 1.10 bits per heavy atom. The molecule has 0 aliphatic carbocycles. The summed E-state index contributed by atoms with van der Waals surface area (Å²) in [6, 6.07) is 9.41. The number of phenols is 1. The average molecular weight is 549 g/mol. The summed E-state index contributed by atoms with van der Waals surface area (Å²) >= 11 is 0. The van der Waals surface area contributed by atoms with Crippen LogP contribution in [-0.4, -0.2) is 75.6 Å². The van der Waals surface area contributed by atoms with Crippen LogP contribution in [0, 0.1) is 5.82 Å². The molecule has 4 heterocycles. The van der Waals surface area contributed by atoms with Gasteiger partial charge in [0, 0.05) is 29.6 Å². The van der Waals surface area contributed by atoms with Crippen molar-refractivity contribution >= 4 is 22.8 Å². The van der Waals surface area contributed by atoms with Crippen molar-refractivity contribution in [2.75, 3.05) is 33.3 Å². The van der Waals surface area contributed by atoms with Gasteiger partial charge in [0.05, 0.1) is 13.2 Å². The first-order valence-corrected chi connectivity index (χ1v) is 14.3. The van der Waals surface area contributed by atoms with Gasteiger partial charge in [-0.2, -0.15) is 0 Å². The number of fused-ring (bicyclic) bond motifs is 4. The molecule has 0 spiro atoms. The molecule has 2 atom stereocenters. The van der Waals surface area contributed by atoms with Crippen LogP contribution >= 0.6 is 0 Å². The van der Waals surface area contributed by atoms with Crippen molar-refractivity contribution in [3.8, 4) is 11.5 Å². The van der Waals surface area contributed by atoms with Gasteiger partial charge in [-0.05, 0) is 87.6 Å². The number of imide groups is 1. The fourth-order valence-electron chi connectivity index (χ4n) is 6.98. The highest BCUT2D eigenvalue weighted by atomic mass is 19.1. The molecule has 9 heteroatoms. The molecule has 1 aromatic heterocycles. The van der Waals surface area contributed by atoms with E-state index in [-0.39, 0.29) is 29.9 Å². The van der Waals surface area contributed by atoms with E-state index in [1.807, 2.05) is 6.07 Å². The molecule has 40 heavy (non-hydrogen) atoms. The molecule has 3 amide bonds. The molecule has 1 unspecified atom stereocenters. The molecular formula is C31H37FN4O4. The molecule has 3 aromatic rings. The zero-order chi connectivity index (χ0) is 28.0. The predicted molar refractivity (Wildman–Crippen MR) is 150 cm³/mol. The van der Waals surface area contributed by atoms with Gasteiger partial charge in [-0.1, -0.05) is 25.0 Å². The lowest BCUT2D eigenvalue weighted by Crippen LogP contribution is -2.53. The van der Waals surface area contributed by atoms with Gasteiger partial charge in [-0.15, -0.1) is 0 Å². The number of carbonyl (C=O) groups is 2. The number of amides is 3. The number of phenolic OH excluding ortho intramolecular Hbond substituents is 1. The number of urea groups is 1. The fraction of sp³-hybridized carbons (Fsp3) is 0.484. The Labute approximate surface area is 233 Å². The molecule has 3 aliphatic rings. The predicted octanol–water partition coefficient (Wildman–Crippen LogP) is 5.15. The van der Waals surface area contributed by atoms with Gasteiger partial charge < -0.3 is 24.6 Å². The van der Waals surface area contributed by atoms with E-state index in [1.54, 1.807) is 42.2 Å². The third-order valence-corrected chi connectivity index (χ3v) is 8.96. The Bertz CT molecular complexity index is 1450. The van der Waals surface area contributed by atoms with Gasteiger partial charge >= 0.3 is 6.03 Å². The van der Waals surface area contributed by atoms with Gasteiger partial charge in [0.2, 0.25) is 0 Å². The molecule has 2 fully saturated rings.